The lowest BCUT2D eigenvalue weighted by molar-refractivity contribution is 0.0247. The Morgan fingerprint density at radius 1 is 1.39 bits per heavy atom. The highest BCUT2D eigenvalue weighted by Gasteiger charge is 2.19. The first-order valence-corrected chi connectivity index (χ1v) is 5.80. The molecule has 0 radical (unpaired) electrons. The summed E-state index contributed by atoms with van der Waals surface area (Å²) in [5.41, 5.74) is -0.683. The second-order valence-electron chi connectivity index (χ2n) is 4.58. The van der Waals surface area contributed by atoms with Crippen LogP contribution in [-0.4, -0.2) is 31.0 Å². The Morgan fingerprint density at radius 3 is 2.78 bits per heavy atom. The van der Waals surface area contributed by atoms with Crippen molar-refractivity contribution in [1.82, 2.24) is 5.32 Å². The minimum absolute atomic E-state index is 0.173. The van der Waals surface area contributed by atoms with Crippen LogP contribution in [0.25, 0.3) is 0 Å². The minimum Gasteiger partial charge on any atom is -0.389 e. The van der Waals surface area contributed by atoms with E-state index < -0.39 is 17.2 Å². The molecule has 3 nitrogen and oxygen atoms in total. The van der Waals surface area contributed by atoms with Gasteiger partial charge in [0, 0.05) is 38.8 Å². The van der Waals surface area contributed by atoms with Crippen molar-refractivity contribution in [3.8, 4) is 0 Å². The predicted molar refractivity (Wildman–Crippen MR) is 65.2 cm³/mol. The molecule has 0 aliphatic rings. The molecule has 0 amide bonds. The highest BCUT2D eigenvalue weighted by Crippen LogP contribution is 2.11. The van der Waals surface area contributed by atoms with Gasteiger partial charge < -0.3 is 15.2 Å². The predicted octanol–water partition coefficient (Wildman–Crippen LogP) is 1.84. The van der Waals surface area contributed by atoms with E-state index in [0.717, 1.165) is 18.2 Å². The van der Waals surface area contributed by atoms with Gasteiger partial charge in [0.05, 0.1) is 5.60 Å². The molecule has 0 saturated carbocycles. The lowest BCUT2D eigenvalue weighted by Crippen LogP contribution is -2.38. The van der Waals surface area contributed by atoms with Gasteiger partial charge in [-0.1, -0.05) is 0 Å². The zero-order valence-corrected chi connectivity index (χ0v) is 10.7. The van der Waals surface area contributed by atoms with Gasteiger partial charge in [-0.2, -0.15) is 0 Å². The first kappa shape index (κ1) is 15.0. The Labute approximate surface area is 106 Å². The average Bonchev–Trinajstić information content (AvgIpc) is 2.31. The molecule has 0 aliphatic carbocycles. The van der Waals surface area contributed by atoms with Crippen LogP contribution in [0.2, 0.25) is 0 Å². The molecule has 1 aromatic rings. The Bertz CT molecular complexity index is 383. The Balaban J connectivity index is 2.43. The molecular formula is C13H19F2NO2. The van der Waals surface area contributed by atoms with E-state index in [9.17, 15) is 13.9 Å². The molecule has 0 aromatic heterocycles. The summed E-state index contributed by atoms with van der Waals surface area (Å²) >= 11 is 0. The van der Waals surface area contributed by atoms with Crippen LogP contribution in [0.5, 0.6) is 0 Å². The van der Waals surface area contributed by atoms with Gasteiger partial charge in [0.1, 0.15) is 11.6 Å². The third-order valence-electron chi connectivity index (χ3n) is 2.67. The van der Waals surface area contributed by atoms with E-state index in [1.165, 1.54) is 0 Å². The van der Waals surface area contributed by atoms with Gasteiger partial charge in [-0.05, 0) is 25.1 Å². The lowest BCUT2D eigenvalue weighted by Gasteiger charge is -2.23. The molecule has 0 spiro atoms. The van der Waals surface area contributed by atoms with Crippen molar-refractivity contribution in [3.05, 3.63) is 35.4 Å². The third kappa shape index (κ3) is 5.08. The molecular weight excluding hydrogens is 240 g/mol. The second-order valence-corrected chi connectivity index (χ2v) is 4.58. The topological polar surface area (TPSA) is 41.5 Å². The number of hydrogen-bond acceptors (Lipinski definition) is 3. The largest absolute Gasteiger partial charge is 0.389 e. The number of hydrogen-bond donors (Lipinski definition) is 2. The van der Waals surface area contributed by atoms with E-state index in [0.29, 0.717) is 13.0 Å². The van der Waals surface area contributed by atoms with Gasteiger partial charge in [0.2, 0.25) is 0 Å². The number of aliphatic hydroxyl groups is 1. The third-order valence-corrected chi connectivity index (χ3v) is 2.67. The first-order chi connectivity index (χ1) is 8.44. The van der Waals surface area contributed by atoms with Gasteiger partial charge in [-0.3, -0.25) is 0 Å². The molecule has 18 heavy (non-hydrogen) atoms. The lowest BCUT2D eigenvalue weighted by atomic mass is 10.0. The van der Waals surface area contributed by atoms with Crippen LogP contribution < -0.4 is 5.32 Å². The molecule has 0 saturated heterocycles. The van der Waals surface area contributed by atoms with Gasteiger partial charge >= 0.3 is 0 Å². The highest BCUT2D eigenvalue weighted by molar-refractivity contribution is 5.18. The number of ether oxygens (including phenoxy) is 1. The molecule has 1 atom stereocenters. The minimum atomic E-state index is -0.931. The van der Waals surface area contributed by atoms with E-state index in [2.05, 4.69) is 5.32 Å². The van der Waals surface area contributed by atoms with Gasteiger partial charge in [-0.15, -0.1) is 0 Å². The molecule has 1 rings (SSSR count). The fourth-order valence-electron chi connectivity index (χ4n) is 1.56. The van der Waals surface area contributed by atoms with E-state index in [4.69, 9.17) is 4.74 Å². The SMILES string of the molecule is COCCC(C)(O)CNCc1cc(F)ccc1F. The van der Waals surface area contributed by atoms with Crippen LogP contribution in [0.15, 0.2) is 18.2 Å². The number of halogens is 2. The van der Waals surface area contributed by atoms with Crippen LogP contribution in [0, 0.1) is 11.6 Å². The molecule has 0 bridgehead atoms. The zero-order chi connectivity index (χ0) is 13.6. The molecule has 5 heteroatoms. The van der Waals surface area contributed by atoms with E-state index in [-0.39, 0.29) is 18.7 Å². The summed E-state index contributed by atoms with van der Waals surface area (Å²) in [5.74, 6) is -0.931. The Hall–Kier alpha value is -1.04. The molecule has 1 unspecified atom stereocenters. The summed E-state index contributed by atoms with van der Waals surface area (Å²) in [7, 11) is 1.56. The number of benzene rings is 1. The standard InChI is InChI=1S/C13H19F2NO2/c1-13(17,5-6-18-2)9-16-8-10-7-11(14)3-4-12(10)15/h3-4,7,16-17H,5-6,8-9H2,1-2H3. The quantitative estimate of drug-likeness (QED) is 0.785. The maximum absolute atomic E-state index is 13.3. The van der Waals surface area contributed by atoms with E-state index in [1.54, 1.807) is 14.0 Å². The van der Waals surface area contributed by atoms with Crippen LogP contribution in [0.4, 0.5) is 8.78 Å². The summed E-state index contributed by atoms with van der Waals surface area (Å²) < 4.78 is 31.1. The number of rotatable bonds is 7. The first-order valence-electron chi connectivity index (χ1n) is 5.80. The van der Waals surface area contributed by atoms with Crippen LogP contribution in [-0.2, 0) is 11.3 Å². The molecule has 1 aromatic carbocycles. The van der Waals surface area contributed by atoms with Crippen molar-refractivity contribution in [1.29, 1.82) is 0 Å². The zero-order valence-electron chi connectivity index (χ0n) is 10.7. The number of methoxy groups -OCH3 is 1. The highest BCUT2D eigenvalue weighted by atomic mass is 19.1. The van der Waals surface area contributed by atoms with Crippen molar-refractivity contribution in [3.63, 3.8) is 0 Å². The summed E-state index contributed by atoms with van der Waals surface area (Å²) in [6.07, 6.45) is 0.474. The smallest absolute Gasteiger partial charge is 0.127 e. The van der Waals surface area contributed by atoms with Gasteiger partial charge in [-0.25, -0.2) is 8.78 Å². The molecule has 0 aliphatic heterocycles. The molecule has 0 heterocycles. The fourth-order valence-corrected chi connectivity index (χ4v) is 1.56. The number of nitrogens with one attached hydrogen (secondary N) is 1. The fraction of sp³-hybridized carbons (Fsp3) is 0.538. The van der Waals surface area contributed by atoms with E-state index in [1.807, 2.05) is 0 Å². The van der Waals surface area contributed by atoms with Crippen LogP contribution in [0.3, 0.4) is 0 Å². The van der Waals surface area contributed by atoms with Crippen molar-refractivity contribution in [2.75, 3.05) is 20.3 Å². The van der Waals surface area contributed by atoms with Crippen molar-refractivity contribution in [2.24, 2.45) is 0 Å². The van der Waals surface area contributed by atoms with Gasteiger partial charge in [0.15, 0.2) is 0 Å². The van der Waals surface area contributed by atoms with Crippen molar-refractivity contribution < 1.29 is 18.6 Å². The molecule has 2 N–H and O–H groups in total. The van der Waals surface area contributed by atoms with Gasteiger partial charge in [0.25, 0.3) is 0 Å². The second kappa shape index (κ2) is 6.78. The summed E-state index contributed by atoms with van der Waals surface area (Å²) in [4.78, 5) is 0. The summed E-state index contributed by atoms with van der Waals surface area (Å²) in [6, 6.07) is 3.31. The monoisotopic (exact) mass is 259 g/mol. The molecule has 0 fully saturated rings. The maximum Gasteiger partial charge on any atom is 0.127 e. The Kier molecular flexibility index (Phi) is 5.65. The average molecular weight is 259 g/mol. The Morgan fingerprint density at radius 2 is 2.11 bits per heavy atom. The summed E-state index contributed by atoms with van der Waals surface area (Å²) in [6.45, 7) is 2.57. The summed E-state index contributed by atoms with van der Waals surface area (Å²) in [5, 5.41) is 12.8. The maximum atomic E-state index is 13.3. The molecule has 102 valence electrons. The van der Waals surface area contributed by atoms with Crippen molar-refractivity contribution in [2.45, 2.75) is 25.5 Å². The van der Waals surface area contributed by atoms with Crippen molar-refractivity contribution >= 4 is 0 Å². The van der Waals surface area contributed by atoms with Crippen LogP contribution >= 0.6 is 0 Å². The van der Waals surface area contributed by atoms with Crippen LogP contribution in [0.1, 0.15) is 18.9 Å². The van der Waals surface area contributed by atoms with E-state index >= 15 is 0 Å². The normalized spacial score (nSPS) is 14.5.